The fourth-order valence-electron chi connectivity index (χ4n) is 3.85. The molecule has 152 valence electrons. The van der Waals surface area contributed by atoms with Gasteiger partial charge in [0, 0.05) is 24.2 Å². The number of hydrogen-bond acceptors (Lipinski definition) is 4. The zero-order chi connectivity index (χ0) is 20.2. The first-order valence-electron chi connectivity index (χ1n) is 9.96. The van der Waals surface area contributed by atoms with Gasteiger partial charge in [-0.05, 0) is 67.0 Å². The molecule has 0 amide bonds. The van der Waals surface area contributed by atoms with E-state index in [-0.39, 0.29) is 11.7 Å². The number of ether oxygens (including phenoxy) is 2. The fourth-order valence-corrected chi connectivity index (χ4v) is 4.06. The molecule has 4 rings (SSSR count). The highest BCUT2D eigenvalue weighted by Gasteiger charge is 2.23. The number of nitrogens with one attached hydrogen (secondary N) is 2. The first-order valence-corrected chi connectivity index (χ1v) is 10.3. The zero-order valence-electron chi connectivity index (χ0n) is 16.4. The Morgan fingerprint density at radius 2 is 1.86 bits per heavy atom. The second-order valence-electron chi connectivity index (χ2n) is 7.50. The number of aromatic nitrogens is 1. The van der Waals surface area contributed by atoms with E-state index in [1.165, 1.54) is 5.56 Å². The third kappa shape index (κ3) is 4.74. The molecule has 1 heterocycles. The lowest BCUT2D eigenvalue weighted by molar-refractivity contribution is 0.139. The van der Waals surface area contributed by atoms with Gasteiger partial charge in [0.2, 0.25) is 0 Å². The van der Waals surface area contributed by atoms with Crippen molar-refractivity contribution in [1.82, 2.24) is 10.3 Å². The van der Waals surface area contributed by atoms with Crippen molar-refractivity contribution in [3.8, 4) is 11.5 Å². The summed E-state index contributed by atoms with van der Waals surface area (Å²) in [5, 5.41) is 5.54. The molecule has 1 aromatic heterocycles. The Morgan fingerprint density at radius 3 is 2.59 bits per heavy atom. The predicted octanol–water partition coefficient (Wildman–Crippen LogP) is 4.67. The van der Waals surface area contributed by atoms with E-state index in [1.807, 2.05) is 24.3 Å². The van der Waals surface area contributed by atoms with Crippen LogP contribution in [0.5, 0.6) is 11.5 Å². The Morgan fingerprint density at radius 1 is 1.10 bits per heavy atom. The highest BCUT2D eigenvalue weighted by molar-refractivity contribution is 6.32. The van der Waals surface area contributed by atoms with Crippen molar-refractivity contribution < 1.29 is 9.47 Å². The van der Waals surface area contributed by atoms with Crippen LogP contribution >= 0.6 is 11.6 Å². The van der Waals surface area contributed by atoms with E-state index >= 15 is 0 Å². The Kier molecular flexibility index (Phi) is 6.07. The van der Waals surface area contributed by atoms with Crippen LogP contribution in [0.3, 0.4) is 0 Å². The average molecular weight is 413 g/mol. The molecule has 0 unspecified atom stereocenters. The van der Waals surface area contributed by atoms with Crippen molar-refractivity contribution in [3.05, 3.63) is 69.6 Å². The molecule has 5 nitrogen and oxygen atoms in total. The van der Waals surface area contributed by atoms with Gasteiger partial charge in [-0.15, -0.1) is 0 Å². The van der Waals surface area contributed by atoms with Gasteiger partial charge in [0.25, 0.3) is 5.56 Å². The van der Waals surface area contributed by atoms with Crippen molar-refractivity contribution in [2.24, 2.45) is 0 Å². The lowest BCUT2D eigenvalue weighted by Crippen LogP contribution is -2.36. The molecule has 0 saturated heterocycles. The molecule has 1 aliphatic carbocycles. The summed E-state index contributed by atoms with van der Waals surface area (Å²) < 4.78 is 11.4. The van der Waals surface area contributed by atoms with Crippen LogP contribution in [0, 0.1) is 0 Å². The van der Waals surface area contributed by atoms with Crippen molar-refractivity contribution >= 4 is 22.4 Å². The number of benzene rings is 2. The molecule has 2 aromatic carbocycles. The van der Waals surface area contributed by atoms with Crippen LogP contribution in [0.15, 0.2) is 53.5 Å². The molecule has 1 fully saturated rings. The lowest BCUT2D eigenvalue weighted by atomic mass is 9.92. The van der Waals surface area contributed by atoms with Gasteiger partial charge in [-0.2, -0.15) is 0 Å². The van der Waals surface area contributed by atoms with Gasteiger partial charge in [0.05, 0.1) is 18.2 Å². The molecule has 2 N–H and O–H groups in total. The number of rotatable bonds is 6. The number of halogens is 1. The molecule has 1 saturated carbocycles. The summed E-state index contributed by atoms with van der Waals surface area (Å²) in [7, 11) is 1.68. The van der Waals surface area contributed by atoms with Crippen LogP contribution in [0.4, 0.5) is 0 Å². The average Bonchev–Trinajstić information content (AvgIpc) is 2.75. The number of fused-ring (bicyclic) bond motifs is 1. The molecule has 29 heavy (non-hydrogen) atoms. The van der Waals surface area contributed by atoms with Crippen LogP contribution in [0.1, 0.15) is 31.2 Å². The number of methoxy groups -OCH3 is 1. The first-order chi connectivity index (χ1) is 14.1. The summed E-state index contributed by atoms with van der Waals surface area (Å²) in [4.78, 5) is 14.6. The molecule has 0 bridgehead atoms. The largest absolute Gasteiger partial charge is 0.497 e. The summed E-state index contributed by atoms with van der Waals surface area (Å²) in [5.41, 5.74) is 1.11. The monoisotopic (exact) mass is 412 g/mol. The Balaban J connectivity index is 1.31. The maximum atomic E-state index is 11.9. The minimum absolute atomic E-state index is 0.139. The first kappa shape index (κ1) is 19.8. The smallest absolute Gasteiger partial charge is 0.255 e. The van der Waals surface area contributed by atoms with Crippen molar-refractivity contribution in [3.63, 3.8) is 0 Å². The number of aromatic amines is 1. The zero-order valence-corrected chi connectivity index (χ0v) is 17.2. The van der Waals surface area contributed by atoms with Gasteiger partial charge in [-0.3, -0.25) is 4.79 Å². The quantitative estimate of drug-likeness (QED) is 0.617. The Bertz CT molecular complexity index is 1020. The van der Waals surface area contributed by atoms with Crippen LogP contribution in [0.25, 0.3) is 10.8 Å². The topological polar surface area (TPSA) is 63.4 Å². The molecular formula is C23H25ClN2O3. The summed E-state index contributed by atoms with van der Waals surface area (Å²) >= 11 is 6.36. The summed E-state index contributed by atoms with van der Waals surface area (Å²) in [6.07, 6.45) is 5.86. The lowest BCUT2D eigenvalue weighted by Gasteiger charge is -2.30. The maximum Gasteiger partial charge on any atom is 0.255 e. The molecule has 0 radical (unpaired) electrons. The van der Waals surface area contributed by atoms with E-state index in [9.17, 15) is 4.79 Å². The molecule has 0 aliphatic heterocycles. The standard InChI is InChI=1S/C23H25ClN2O3/c1-28-18-6-2-15(3-7-18)14-26-17-4-8-19(9-5-17)29-22-12-16-10-11-25-23(27)20(16)13-21(22)24/h2-3,6-7,10-13,17,19,26H,4-5,8-9,14H2,1H3,(H,25,27). The number of H-pyrrole nitrogens is 1. The van der Waals surface area contributed by atoms with Gasteiger partial charge >= 0.3 is 0 Å². The normalized spacial score (nSPS) is 19.2. The van der Waals surface area contributed by atoms with Crippen molar-refractivity contribution in [1.29, 1.82) is 0 Å². The van der Waals surface area contributed by atoms with Crippen LogP contribution < -0.4 is 20.3 Å². The molecule has 0 atom stereocenters. The third-order valence-corrected chi connectivity index (χ3v) is 5.84. The van der Waals surface area contributed by atoms with E-state index in [2.05, 4.69) is 22.4 Å². The van der Waals surface area contributed by atoms with Gasteiger partial charge in [-0.25, -0.2) is 0 Å². The predicted molar refractivity (Wildman–Crippen MR) is 116 cm³/mol. The molecule has 6 heteroatoms. The highest BCUT2D eigenvalue weighted by Crippen LogP contribution is 2.32. The van der Waals surface area contributed by atoms with Crippen LogP contribution in [-0.4, -0.2) is 24.2 Å². The Labute approximate surface area is 175 Å². The van der Waals surface area contributed by atoms with Gasteiger partial charge in [-0.1, -0.05) is 23.7 Å². The van der Waals surface area contributed by atoms with Crippen molar-refractivity contribution in [2.45, 2.75) is 44.4 Å². The second-order valence-corrected chi connectivity index (χ2v) is 7.90. The molecule has 3 aromatic rings. The molecule has 0 spiro atoms. The summed E-state index contributed by atoms with van der Waals surface area (Å²) in [6.45, 7) is 0.852. The van der Waals surface area contributed by atoms with Crippen LogP contribution in [-0.2, 0) is 6.54 Å². The minimum atomic E-state index is -0.139. The number of hydrogen-bond donors (Lipinski definition) is 2. The molecular weight excluding hydrogens is 388 g/mol. The van der Waals surface area contributed by atoms with E-state index in [1.54, 1.807) is 19.4 Å². The van der Waals surface area contributed by atoms with Crippen LogP contribution in [0.2, 0.25) is 5.02 Å². The second kappa shape index (κ2) is 8.89. The van der Waals surface area contributed by atoms with E-state index in [0.29, 0.717) is 22.2 Å². The van der Waals surface area contributed by atoms with Crippen molar-refractivity contribution in [2.75, 3.05) is 7.11 Å². The summed E-state index contributed by atoms with van der Waals surface area (Å²) in [5.74, 6) is 1.53. The minimum Gasteiger partial charge on any atom is -0.497 e. The maximum absolute atomic E-state index is 11.9. The summed E-state index contributed by atoms with van der Waals surface area (Å²) in [6, 6.07) is 14.1. The Hall–Kier alpha value is -2.50. The highest BCUT2D eigenvalue weighted by atomic mass is 35.5. The third-order valence-electron chi connectivity index (χ3n) is 5.55. The number of pyridine rings is 1. The fraction of sp³-hybridized carbons (Fsp3) is 0.348. The molecule has 1 aliphatic rings. The van der Waals surface area contributed by atoms with Gasteiger partial charge in [0.15, 0.2) is 0 Å². The SMILES string of the molecule is COc1ccc(CNC2CCC(Oc3cc4cc[nH]c(=O)c4cc3Cl)CC2)cc1. The van der Waals surface area contributed by atoms with Gasteiger partial charge in [0.1, 0.15) is 11.5 Å². The van der Waals surface area contributed by atoms with E-state index < -0.39 is 0 Å². The van der Waals surface area contributed by atoms with E-state index in [0.717, 1.165) is 43.4 Å². The van der Waals surface area contributed by atoms with Gasteiger partial charge < -0.3 is 19.8 Å². The van der Waals surface area contributed by atoms with E-state index in [4.69, 9.17) is 21.1 Å².